The lowest BCUT2D eigenvalue weighted by Gasteiger charge is -2.19. The van der Waals surface area contributed by atoms with Crippen LogP contribution in [0.1, 0.15) is 18.4 Å². The Labute approximate surface area is 168 Å². The van der Waals surface area contributed by atoms with Crippen molar-refractivity contribution < 1.29 is 14.3 Å². The molecule has 144 valence electrons. The fourth-order valence-electron chi connectivity index (χ4n) is 3.53. The van der Waals surface area contributed by atoms with Crippen LogP contribution in [0.4, 0.5) is 16.2 Å². The normalized spacial score (nSPS) is 18.1. The van der Waals surface area contributed by atoms with Crippen molar-refractivity contribution in [1.82, 2.24) is 5.32 Å². The number of anilines is 2. The van der Waals surface area contributed by atoms with E-state index in [2.05, 4.69) is 10.2 Å². The molecular weight excluding hydrogens is 378 g/mol. The monoisotopic (exact) mass is 397 g/mol. The van der Waals surface area contributed by atoms with E-state index in [1.54, 1.807) is 37.5 Å². The average molecular weight is 398 g/mol. The summed E-state index contributed by atoms with van der Waals surface area (Å²) in [5, 5.41) is 3.08. The smallest absolute Gasteiger partial charge is 0.333 e. The van der Waals surface area contributed by atoms with E-state index >= 15 is 0 Å². The van der Waals surface area contributed by atoms with E-state index in [9.17, 15) is 9.59 Å². The van der Waals surface area contributed by atoms with E-state index in [0.717, 1.165) is 29.2 Å². The van der Waals surface area contributed by atoms with Crippen molar-refractivity contribution in [1.29, 1.82) is 0 Å². The average Bonchev–Trinajstić information content (AvgIpc) is 3.31. The Morgan fingerprint density at radius 1 is 1.07 bits per heavy atom. The lowest BCUT2D eigenvalue weighted by molar-refractivity contribution is -0.113. The van der Waals surface area contributed by atoms with Gasteiger partial charge in [0.1, 0.15) is 11.4 Å². The molecule has 3 amide bonds. The molecule has 2 heterocycles. The number of amides is 3. The molecule has 0 aromatic heterocycles. The van der Waals surface area contributed by atoms with E-state index in [1.165, 1.54) is 12.8 Å². The molecule has 0 bridgehead atoms. The number of ether oxygens (including phenoxy) is 1. The van der Waals surface area contributed by atoms with E-state index in [4.69, 9.17) is 16.3 Å². The highest BCUT2D eigenvalue weighted by atomic mass is 35.5. The first-order valence-corrected chi connectivity index (χ1v) is 9.50. The van der Waals surface area contributed by atoms with Crippen molar-refractivity contribution in [3.05, 3.63) is 58.7 Å². The molecule has 7 heteroatoms. The Morgan fingerprint density at radius 2 is 1.86 bits per heavy atom. The minimum absolute atomic E-state index is 0.192. The molecule has 0 saturated carbocycles. The molecule has 28 heavy (non-hydrogen) atoms. The Bertz CT molecular complexity index is 967. The van der Waals surface area contributed by atoms with E-state index < -0.39 is 11.9 Å². The van der Waals surface area contributed by atoms with Gasteiger partial charge in [0.05, 0.1) is 12.8 Å². The van der Waals surface area contributed by atoms with Crippen molar-refractivity contribution in [2.75, 3.05) is 30.0 Å². The summed E-state index contributed by atoms with van der Waals surface area (Å²) < 4.78 is 5.52. The maximum Gasteiger partial charge on any atom is 0.333 e. The number of carbonyl (C=O) groups excluding carboxylic acids is 2. The zero-order chi connectivity index (χ0) is 19.7. The first kappa shape index (κ1) is 18.4. The fraction of sp³-hybridized carbons (Fsp3) is 0.238. The predicted octanol–water partition coefficient (Wildman–Crippen LogP) is 4.05. The highest BCUT2D eigenvalue weighted by Gasteiger charge is 2.35. The van der Waals surface area contributed by atoms with Gasteiger partial charge in [-0.15, -0.1) is 0 Å². The maximum atomic E-state index is 12.8. The van der Waals surface area contributed by atoms with Gasteiger partial charge in [-0.2, -0.15) is 0 Å². The van der Waals surface area contributed by atoms with Crippen LogP contribution in [0.5, 0.6) is 5.75 Å². The van der Waals surface area contributed by atoms with Crippen LogP contribution in [0.15, 0.2) is 48.2 Å². The van der Waals surface area contributed by atoms with Crippen LogP contribution in [-0.4, -0.2) is 32.1 Å². The first-order valence-electron chi connectivity index (χ1n) is 9.12. The van der Waals surface area contributed by atoms with E-state index in [1.807, 2.05) is 18.2 Å². The zero-order valence-corrected chi connectivity index (χ0v) is 16.2. The molecule has 2 saturated heterocycles. The van der Waals surface area contributed by atoms with Gasteiger partial charge in [0.25, 0.3) is 5.91 Å². The van der Waals surface area contributed by atoms with E-state index in [0.29, 0.717) is 16.5 Å². The first-order chi connectivity index (χ1) is 13.6. The highest BCUT2D eigenvalue weighted by Crippen LogP contribution is 2.31. The van der Waals surface area contributed by atoms with Gasteiger partial charge in [0.2, 0.25) is 0 Å². The van der Waals surface area contributed by atoms with Gasteiger partial charge in [-0.25, -0.2) is 9.69 Å². The molecule has 1 N–H and O–H groups in total. The number of nitrogens with one attached hydrogen (secondary N) is 1. The summed E-state index contributed by atoms with van der Waals surface area (Å²) in [5.74, 6) is 0.220. The van der Waals surface area contributed by atoms with Gasteiger partial charge >= 0.3 is 6.03 Å². The molecule has 0 unspecified atom stereocenters. The summed E-state index contributed by atoms with van der Waals surface area (Å²) in [5.41, 5.74) is 2.44. The van der Waals surface area contributed by atoms with Crippen molar-refractivity contribution >= 4 is 41.0 Å². The third-order valence-corrected chi connectivity index (χ3v) is 5.17. The molecule has 0 aliphatic carbocycles. The summed E-state index contributed by atoms with van der Waals surface area (Å²) in [6, 6.07) is 12.0. The molecule has 2 aliphatic rings. The molecule has 2 aromatic rings. The minimum atomic E-state index is -0.508. The van der Waals surface area contributed by atoms with E-state index in [-0.39, 0.29) is 5.70 Å². The van der Waals surface area contributed by atoms with Gasteiger partial charge in [-0.3, -0.25) is 4.79 Å². The van der Waals surface area contributed by atoms with Crippen molar-refractivity contribution in [2.45, 2.75) is 12.8 Å². The van der Waals surface area contributed by atoms with Crippen LogP contribution >= 0.6 is 11.6 Å². The molecule has 0 radical (unpaired) electrons. The summed E-state index contributed by atoms with van der Waals surface area (Å²) >= 11 is 5.99. The topological polar surface area (TPSA) is 61.9 Å². The standard InChI is InChI=1S/C21H20ClN3O3/c1-28-19-13-16(24-9-2-3-10-24)8-7-14(19)11-18-20(26)25(21(27)23-18)17-6-4-5-15(22)12-17/h4-8,11-13H,2-3,9-10H2,1H3,(H,23,27)/b18-11+. The van der Waals surface area contributed by atoms with Gasteiger partial charge in [-0.05, 0) is 49.2 Å². The Morgan fingerprint density at radius 3 is 2.57 bits per heavy atom. The molecule has 0 spiro atoms. The number of nitrogens with zero attached hydrogens (tertiary/aromatic N) is 2. The predicted molar refractivity (Wildman–Crippen MR) is 110 cm³/mol. The summed E-state index contributed by atoms with van der Waals surface area (Å²) in [4.78, 5) is 28.5. The number of halogens is 1. The largest absolute Gasteiger partial charge is 0.496 e. The fourth-order valence-corrected chi connectivity index (χ4v) is 3.72. The molecule has 2 fully saturated rings. The quantitative estimate of drug-likeness (QED) is 0.624. The van der Waals surface area contributed by atoms with Gasteiger partial charge in [-0.1, -0.05) is 17.7 Å². The number of carbonyl (C=O) groups is 2. The highest BCUT2D eigenvalue weighted by molar-refractivity contribution is 6.32. The van der Waals surface area contributed by atoms with Crippen LogP contribution in [-0.2, 0) is 4.79 Å². The second-order valence-electron chi connectivity index (χ2n) is 6.73. The maximum absolute atomic E-state index is 12.8. The third-order valence-electron chi connectivity index (χ3n) is 4.93. The second-order valence-corrected chi connectivity index (χ2v) is 7.17. The lowest BCUT2D eigenvalue weighted by atomic mass is 10.1. The van der Waals surface area contributed by atoms with Crippen LogP contribution in [0.2, 0.25) is 5.02 Å². The SMILES string of the molecule is COc1cc(N2CCCC2)ccc1/C=C1/NC(=O)N(c2cccc(Cl)c2)C1=O. The molecular formula is C21H20ClN3O3. The number of hydrogen-bond acceptors (Lipinski definition) is 4. The third kappa shape index (κ3) is 3.43. The van der Waals surface area contributed by atoms with Crippen LogP contribution in [0, 0.1) is 0 Å². The zero-order valence-electron chi connectivity index (χ0n) is 15.4. The van der Waals surface area contributed by atoms with Gasteiger partial charge in [0.15, 0.2) is 0 Å². The molecule has 2 aliphatic heterocycles. The van der Waals surface area contributed by atoms with Crippen LogP contribution in [0.25, 0.3) is 6.08 Å². The van der Waals surface area contributed by atoms with Crippen molar-refractivity contribution in [3.8, 4) is 5.75 Å². The number of rotatable bonds is 4. The van der Waals surface area contributed by atoms with Gasteiger partial charge in [0, 0.05) is 35.4 Å². The molecule has 6 nitrogen and oxygen atoms in total. The second kappa shape index (κ2) is 7.56. The number of methoxy groups -OCH3 is 1. The Kier molecular flexibility index (Phi) is 4.96. The molecule has 0 atom stereocenters. The lowest BCUT2D eigenvalue weighted by Crippen LogP contribution is -2.30. The molecule has 2 aromatic carbocycles. The summed E-state index contributed by atoms with van der Waals surface area (Å²) in [6.07, 6.45) is 4.01. The minimum Gasteiger partial charge on any atom is -0.496 e. The van der Waals surface area contributed by atoms with Crippen molar-refractivity contribution in [2.24, 2.45) is 0 Å². The Hall–Kier alpha value is -2.99. The number of hydrogen-bond donors (Lipinski definition) is 1. The number of urea groups is 1. The summed E-state index contributed by atoms with van der Waals surface area (Å²) in [6.45, 7) is 2.07. The number of benzene rings is 2. The van der Waals surface area contributed by atoms with Crippen molar-refractivity contribution in [3.63, 3.8) is 0 Å². The van der Waals surface area contributed by atoms with Crippen LogP contribution in [0.3, 0.4) is 0 Å². The van der Waals surface area contributed by atoms with Crippen LogP contribution < -0.4 is 19.9 Å². The van der Waals surface area contributed by atoms with Gasteiger partial charge < -0.3 is 15.0 Å². The Balaban J connectivity index is 1.63. The molecule has 4 rings (SSSR count). The number of imide groups is 1. The summed E-state index contributed by atoms with van der Waals surface area (Å²) in [7, 11) is 1.60.